The summed E-state index contributed by atoms with van der Waals surface area (Å²) in [7, 11) is -4.95. The Balaban J connectivity index is 1.22. The molecule has 0 saturated heterocycles. The molecule has 0 amide bonds. The van der Waals surface area contributed by atoms with Crippen molar-refractivity contribution in [1.29, 1.82) is 0 Å². The van der Waals surface area contributed by atoms with Crippen LogP contribution in [0.5, 0.6) is 5.75 Å². The van der Waals surface area contributed by atoms with Gasteiger partial charge in [-0.15, -0.1) is 0 Å². The van der Waals surface area contributed by atoms with Crippen LogP contribution in [0.2, 0.25) is 0 Å². The summed E-state index contributed by atoms with van der Waals surface area (Å²) in [5.74, 6) is 6.21. The van der Waals surface area contributed by atoms with Gasteiger partial charge in [0.15, 0.2) is 5.82 Å². The number of aliphatic hydroxyl groups excluding tert-OH is 2. The molecule has 1 unspecified atom stereocenters. The van der Waals surface area contributed by atoms with Crippen molar-refractivity contribution in [3.63, 3.8) is 0 Å². The second-order valence-electron chi connectivity index (χ2n) is 15.9. The lowest BCUT2D eigenvalue weighted by Gasteiger charge is -2.16. The molecule has 0 saturated carbocycles. The molecule has 5 aromatic rings. The van der Waals surface area contributed by atoms with Crippen LogP contribution in [0.3, 0.4) is 0 Å². The molecular weight excluding hydrogens is 855 g/mol. The fourth-order valence-corrected chi connectivity index (χ4v) is 7.82. The molecule has 1 heterocycles. The van der Waals surface area contributed by atoms with Crippen molar-refractivity contribution in [2.45, 2.75) is 90.3 Å². The molecule has 5 N–H and O–H groups in total. The fraction of sp³-hybridized carbons (Fsp3) is 0.358. The van der Waals surface area contributed by atoms with E-state index in [9.17, 15) is 29.0 Å². The molecule has 0 aliphatic heterocycles. The molecule has 5 rings (SSSR count). The van der Waals surface area contributed by atoms with Gasteiger partial charge < -0.3 is 29.4 Å². The average Bonchev–Trinajstić information content (AvgIpc) is 3.67. The van der Waals surface area contributed by atoms with Crippen molar-refractivity contribution >= 4 is 19.6 Å². The molecule has 0 fully saturated rings. The number of imidazole rings is 1. The van der Waals surface area contributed by atoms with Gasteiger partial charge in [0.05, 0.1) is 30.6 Å². The number of benzene rings is 4. The van der Waals surface area contributed by atoms with Crippen LogP contribution >= 0.6 is 7.82 Å². The number of aliphatic hydroxyl groups is 2. The summed E-state index contributed by atoms with van der Waals surface area (Å²) in [4.78, 5) is 29.1. The van der Waals surface area contributed by atoms with E-state index in [-0.39, 0.29) is 37.7 Å². The van der Waals surface area contributed by atoms with E-state index < -0.39 is 13.9 Å². The van der Waals surface area contributed by atoms with Crippen LogP contribution in [0.1, 0.15) is 98.2 Å². The van der Waals surface area contributed by atoms with Gasteiger partial charge in [0.1, 0.15) is 11.6 Å². The molecule has 0 aliphatic carbocycles. The van der Waals surface area contributed by atoms with Crippen LogP contribution in [0.4, 0.5) is 4.39 Å². The van der Waals surface area contributed by atoms with Crippen LogP contribution in [0.25, 0.3) is 16.8 Å². The van der Waals surface area contributed by atoms with E-state index in [1.807, 2.05) is 54.0 Å². The van der Waals surface area contributed by atoms with Gasteiger partial charge in [-0.3, -0.25) is 14.8 Å². The van der Waals surface area contributed by atoms with E-state index in [2.05, 4.69) is 58.5 Å². The molecule has 1 atom stereocenters. The van der Waals surface area contributed by atoms with Crippen molar-refractivity contribution in [2.24, 2.45) is 4.99 Å². The van der Waals surface area contributed by atoms with Crippen molar-refractivity contribution in [3.05, 3.63) is 161 Å². The number of unbranched alkanes of at least 4 members (excludes halogenated alkanes) is 4. The van der Waals surface area contributed by atoms with Gasteiger partial charge in [-0.05, 0) is 117 Å². The summed E-state index contributed by atoms with van der Waals surface area (Å²) in [6, 6.07) is 31.6. The lowest BCUT2D eigenvalue weighted by atomic mass is 10.0. The number of halogens is 1. The number of nitrogens with zero attached hydrogens (tertiary/aromatic N) is 3. The zero-order valence-corrected chi connectivity index (χ0v) is 38.8. The zero-order valence-electron chi connectivity index (χ0n) is 37.9. The molecule has 11 nitrogen and oxygen atoms in total. The first-order chi connectivity index (χ1) is 32.1. The number of ether oxygens (including phenoxy) is 1. The van der Waals surface area contributed by atoms with Crippen molar-refractivity contribution < 1.29 is 38.2 Å². The first-order valence-corrected chi connectivity index (χ1v) is 24.4. The van der Waals surface area contributed by atoms with Crippen LogP contribution in [0, 0.1) is 17.7 Å². The Kier molecular flexibility index (Phi) is 22.3. The lowest BCUT2D eigenvalue weighted by Crippen LogP contribution is -2.22. The van der Waals surface area contributed by atoms with Crippen molar-refractivity contribution in [3.8, 4) is 28.8 Å². The fourth-order valence-electron chi connectivity index (χ4n) is 7.39. The monoisotopic (exact) mass is 918 g/mol. The minimum Gasteiger partial charge on any atom is -0.404 e. The van der Waals surface area contributed by atoms with Gasteiger partial charge in [0, 0.05) is 55.6 Å². The molecule has 0 radical (unpaired) electrons. The number of allylic oxidation sites excluding steroid dienone is 4. The Hall–Kier alpha value is -5.48. The Bertz CT molecular complexity index is 2410. The summed E-state index contributed by atoms with van der Waals surface area (Å²) >= 11 is 0. The van der Waals surface area contributed by atoms with Crippen LogP contribution < -0.4 is 9.84 Å². The van der Waals surface area contributed by atoms with Crippen molar-refractivity contribution in [2.75, 3.05) is 32.9 Å². The summed E-state index contributed by atoms with van der Waals surface area (Å²) in [6.07, 6.45) is 15.5. The second-order valence-corrected chi connectivity index (χ2v) is 17.1. The third-order valence-electron chi connectivity index (χ3n) is 10.7. The first kappa shape index (κ1) is 51.5. The largest absolute Gasteiger partial charge is 0.524 e. The van der Waals surface area contributed by atoms with E-state index in [1.54, 1.807) is 30.5 Å². The third kappa shape index (κ3) is 18.1. The summed E-state index contributed by atoms with van der Waals surface area (Å²) in [6.45, 7) is 4.91. The molecule has 350 valence electrons. The maximum Gasteiger partial charge on any atom is 0.524 e. The molecule has 0 aliphatic rings. The summed E-state index contributed by atoms with van der Waals surface area (Å²) in [5.41, 5.74) is 6.21. The molecule has 13 heteroatoms. The number of aryl methyl sites for hydroxylation is 2. The topological polar surface area (TPSA) is 159 Å². The van der Waals surface area contributed by atoms with Gasteiger partial charge in [0.25, 0.3) is 0 Å². The Morgan fingerprint density at radius 2 is 1.58 bits per heavy atom. The van der Waals surface area contributed by atoms with Crippen LogP contribution in [-0.4, -0.2) is 68.7 Å². The number of phosphoric acid groups is 1. The highest BCUT2D eigenvalue weighted by Gasteiger charge is 2.22. The number of phosphoric ester groups is 1. The number of aromatic nitrogens is 2. The highest BCUT2D eigenvalue weighted by Crippen LogP contribution is 2.40. The quantitative estimate of drug-likeness (QED) is 0.0108. The van der Waals surface area contributed by atoms with Gasteiger partial charge in [-0.25, -0.2) is 13.9 Å². The number of nitrogens with one attached hydrogen (secondary N) is 1. The van der Waals surface area contributed by atoms with Gasteiger partial charge in [-0.2, -0.15) is 0 Å². The Morgan fingerprint density at radius 3 is 2.26 bits per heavy atom. The average molecular weight is 919 g/mol. The van der Waals surface area contributed by atoms with Gasteiger partial charge in [-0.1, -0.05) is 104 Å². The third-order valence-corrected chi connectivity index (χ3v) is 11.2. The van der Waals surface area contributed by atoms with E-state index >= 15 is 0 Å². The first-order valence-electron chi connectivity index (χ1n) is 22.9. The Labute approximate surface area is 389 Å². The van der Waals surface area contributed by atoms with Crippen LogP contribution in [0.15, 0.2) is 126 Å². The zero-order chi connectivity index (χ0) is 46.8. The minimum atomic E-state index is -4.95. The number of hydrogen-bond acceptors (Lipinski definition) is 8. The van der Waals surface area contributed by atoms with E-state index in [1.165, 1.54) is 29.3 Å². The highest BCUT2D eigenvalue weighted by molar-refractivity contribution is 7.46. The lowest BCUT2D eigenvalue weighted by molar-refractivity contribution is 0.126. The molecule has 0 bridgehead atoms. The molecular formula is C53H64FN4O7P. The van der Waals surface area contributed by atoms with E-state index in [4.69, 9.17) is 14.2 Å². The van der Waals surface area contributed by atoms with Crippen LogP contribution in [-0.2, 0) is 35.2 Å². The smallest absolute Gasteiger partial charge is 0.404 e. The minimum absolute atomic E-state index is 0.0158. The SMILES string of the molecule is C/C=C\C(=C/C=NCc1ccc(C(O)CNCCCCCCOCCCCc2ccccc2)cc1OP(=O)(O)O)c1c(-c2ccc(F)cc2)nc(C#CCCO)n1CCCc1ccccc1. The summed E-state index contributed by atoms with van der Waals surface area (Å²) in [5, 5.41) is 23.7. The van der Waals surface area contributed by atoms with E-state index in [0.29, 0.717) is 34.8 Å². The number of aliphatic imine (C=N–C) groups is 1. The predicted molar refractivity (Wildman–Crippen MR) is 262 cm³/mol. The Morgan fingerprint density at radius 1 is 0.894 bits per heavy atom. The maximum atomic E-state index is 14.1. The molecule has 66 heavy (non-hydrogen) atoms. The number of rotatable bonds is 28. The standard InChI is InChI=1S/C53H64FN4O7P/c1-2-18-45(53-52(44-28-30-48(54)31-29-44)57-51(25-11-14-36-59)58(53)35-17-24-43-21-9-6-10-22-43)32-34-56-40-47-27-26-46(39-50(47)65-66(61,62)63)49(60)41-55-33-13-3-4-15-37-64-38-16-12-23-42-19-7-5-8-20-42/h2,5-10,18-22,26-32,34,39,49,55,59-60H,3-4,12-17,23-24,33,35-38,40-41H2,1H3,(H2,61,62,63)/b18-2-,45-32+,56-34?. The molecule has 4 aromatic carbocycles. The van der Waals surface area contributed by atoms with Crippen molar-refractivity contribution in [1.82, 2.24) is 14.9 Å². The van der Waals surface area contributed by atoms with Gasteiger partial charge in [0.2, 0.25) is 0 Å². The highest BCUT2D eigenvalue weighted by atomic mass is 31.2. The van der Waals surface area contributed by atoms with E-state index in [0.717, 1.165) is 88.8 Å². The molecule has 1 aromatic heterocycles. The van der Waals surface area contributed by atoms with Gasteiger partial charge >= 0.3 is 7.82 Å². The second kappa shape index (κ2) is 28.5. The normalized spacial score (nSPS) is 12.5. The number of hydrogen-bond donors (Lipinski definition) is 5. The predicted octanol–water partition coefficient (Wildman–Crippen LogP) is 9.98. The maximum absolute atomic E-state index is 14.1. The summed E-state index contributed by atoms with van der Waals surface area (Å²) < 4.78 is 39.1. The molecule has 0 spiro atoms.